The molecule has 3 rings (SSSR count). The van der Waals surface area contributed by atoms with Crippen molar-refractivity contribution in [2.75, 3.05) is 11.1 Å². The third-order valence-corrected chi connectivity index (χ3v) is 6.32. The van der Waals surface area contributed by atoms with Crippen molar-refractivity contribution in [3.05, 3.63) is 64.4 Å². The maximum absolute atomic E-state index is 12.4. The standard InChI is InChI=1S/C23H27ClN4O2S/c1-5-17-10-12-18(13-11-17)30-16(4)22-26-27-23(28(22)6-2)31-14-21(29)25-20-9-7-8-19(24)15(20)3/h7-13,16H,5-6,14H2,1-4H3,(H,25,29)/t16-/m0/s1. The van der Waals surface area contributed by atoms with E-state index in [-0.39, 0.29) is 17.8 Å². The fourth-order valence-electron chi connectivity index (χ4n) is 3.12. The molecule has 0 saturated heterocycles. The lowest BCUT2D eigenvalue weighted by molar-refractivity contribution is -0.113. The largest absolute Gasteiger partial charge is 0.483 e. The first-order valence-electron chi connectivity index (χ1n) is 10.3. The summed E-state index contributed by atoms with van der Waals surface area (Å²) in [5.41, 5.74) is 2.83. The van der Waals surface area contributed by atoms with E-state index in [4.69, 9.17) is 16.3 Å². The van der Waals surface area contributed by atoms with E-state index >= 15 is 0 Å². The molecule has 0 aliphatic heterocycles. The predicted molar refractivity (Wildman–Crippen MR) is 126 cm³/mol. The number of thioether (sulfide) groups is 1. The second-order valence-corrected chi connectivity index (χ2v) is 8.44. The Balaban J connectivity index is 1.63. The Kier molecular flexibility index (Phi) is 7.98. The number of amides is 1. The van der Waals surface area contributed by atoms with Gasteiger partial charge in [-0.05, 0) is 62.6 Å². The topological polar surface area (TPSA) is 69.0 Å². The molecule has 0 spiro atoms. The second kappa shape index (κ2) is 10.7. The van der Waals surface area contributed by atoms with Crippen molar-refractivity contribution >= 4 is 35.0 Å². The molecular weight excluding hydrogens is 432 g/mol. The number of carbonyl (C=O) groups excluding carboxylic acids is 1. The van der Waals surface area contributed by atoms with Gasteiger partial charge in [-0.15, -0.1) is 10.2 Å². The molecule has 0 bridgehead atoms. The summed E-state index contributed by atoms with van der Waals surface area (Å²) in [6, 6.07) is 13.5. The van der Waals surface area contributed by atoms with Gasteiger partial charge in [0, 0.05) is 17.3 Å². The van der Waals surface area contributed by atoms with Crippen LogP contribution in [0, 0.1) is 6.92 Å². The van der Waals surface area contributed by atoms with Crippen molar-refractivity contribution in [2.24, 2.45) is 0 Å². The first-order valence-corrected chi connectivity index (χ1v) is 11.7. The van der Waals surface area contributed by atoms with Crippen LogP contribution >= 0.6 is 23.4 Å². The number of halogens is 1. The molecule has 2 aromatic carbocycles. The van der Waals surface area contributed by atoms with E-state index in [2.05, 4.69) is 34.6 Å². The van der Waals surface area contributed by atoms with Crippen molar-refractivity contribution < 1.29 is 9.53 Å². The van der Waals surface area contributed by atoms with Crippen molar-refractivity contribution in [3.8, 4) is 5.75 Å². The quantitative estimate of drug-likeness (QED) is 0.417. The van der Waals surface area contributed by atoms with Gasteiger partial charge in [-0.1, -0.05) is 48.5 Å². The summed E-state index contributed by atoms with van der Waals surface area (Å²) in [5.74, 6) is 1.62. The fourth-order valence-corrected chi connectivity index (χ4v) is 4.11. The lowest BCUT2D eigenvalue weighted by atomic mass is 10.2. The lowest BCUT2D eigenvalue weighted by Gasteiger charge is -2.16. The van der Waals surface area contributed by atoms with E-state index < -0.39 is 0 Å². The number of aromatic nitrogens is 3. The van der Waals surface area contributed by atoms with E-state index in [0.29, 0.717) is 22.4 Å². The van der Waals surface area contributed by atoms with E-state index in [1.54, 1.807) is 6.07 Å². The number of carbonyl (C=O) groups is 1. The van der Waals surface area contributed by atoms with Crippen LogP contribution in [0.5, 0.6) is 5.75 Å². The van der Waals surface area contributed by atoms with Crippen molar-refractivity contribution in [1.82, 2.24) is 14.8 Å². The average Bonchev–Trinajstić information content (AvgIpc) is 3.19. The molecule has 0 aliphatic rings. The molecule has 8 heteroatoms. The van der Waals surface area contributed by atoms with Crippen LogP contribution in [0.1, 0.15) is 43.8 Å². The number of nitrogens with one attached hydrogen (secondary N) is 1. The van der Waals surface area contributed by atoms with Gasteiger partial charge < -0.3 is 14.6 Å². The Morgan fingerprint density at radius 3 is 2.61 bits per heavy atom. The number of aryl methyl sites for hydroxylation is 1. The van der Waals surface area contributed by atoms with Gasteiger partial charge in [-0.2, -0.15) is 0 Å². The number of hydrogen-bond acceptors (Lipinski definition) is 5. The molecule has 1 aromatic heterocycles. The van der Waals surface area contributed by atoms with Gasteiger partial charge in [0.05, 0.1) is 5.75 Å². The Hall–Kier alpha value is -2.51. The van der Waals surface area contributed by atoms with Gasteiger partial charge in [-0.3, -0.25) is 4.79 Å². The predicted octanol–water partition coefficient (Wildman–Crippen LogP) is 5.69. The summed E-state index contributed by atoms with van der Waals surface area (Å²) in [4.78, 5) is 12.4. The molecule has 0 radical (unpaired) electrons. The molecule has 1 N–H and O–H groups in total. The van der Waals surface area contributed by atoms with Gasteiger partial charge in [0.2, 0.25) is 5.91 Å². The number of rotatable bonds is 9. The molecule has 1 amide bonds. The molecular formula is C23H27ClN4O2S. The van der Waals surface area contributed by atoms with Crippen LogP contribution in [0.4, 0.5) is 5.69 Å². The minimum atomic E-state index is -0.266. The van der Waals surface area contributed by atoms with Crippen molar-refractivity contribution in [1.29, 1.82) is 0 Å². The van der Waals surface area contributed by atoms with Crippen LogP contribution < -0.4 is 10.1 Å². The summed E-state index contributed by atoms with van der Waals surface area (Å²) in [6.07, 6.45) is 0.725. The third-order valence-electron chi connectivity index (χ3n) is 4.94. The molecule has 164 valence electrons. The Bertz CT molecular complexity index is 1040. The summed E-state index contributed by atoms with van der Waals surface area (Å²) in [5, 5.41) is 12.8. The zero-order valence-electron chi connectivity index (χ0n) is 18.2. The van der Waals surface area contributed by atoms with Crippen LogP contribution in [0.2, 0.25) is 5.02 Å². The summed E-state index contributed by atoms with van der Waals surface area (Å²) in [7, 11) is 0. The lowest BCUT2D eigenvalue weighted by Crippen LogP contribution is -2.16. The second-order valence-electron chi connectivity index (χ2n) is 7.09. The first-order chi connectivity index (χ1) is 14.9. The summed E-state index contributed by atoms with van der Waals surface area (Å²) >= 11 is 7.47. The fraction of sp³-hybridized carbons (Fsp3) is 0.348. The molecule has 0 fully saturated rings. The average molecular weight is 459 g/mol. The number of anilines is 1. The van der Waals surface area contributed by atoms with Gasteiger partial charge in [0.1, 0.15) is 5.75 Å². The van der Waals surface area contributed by atoms with E-state index in [0.717, 1.165) is 23.6 Å². The zero-order valence-corrected chi connectivity index (χ0v) is 19.8. The first kappa shape index (κ1) is 23.2. The van der Waals surface area contributed by atoms with Gasteiger partial charge in [-0.25, -0.2) is 0 Å². The minimum Gasteiger partial charge on any atom is -0.483 e. The van der Waals surface area contributed by atoms with Gasteiger partial charge >= 0.3 is 0 Å². The minimum absolute atomic E-state index is 0.122. The highest BCUT2D eigenvalue weighted by Crippen LogP contribution is 2.26. The normalized spacial score (nSPS) is 11.9. The van der Waals surface area contributed by atoms with Crippen molar-refractivity contribution in [3.63, 3.8) is 0 Å². The Morgan fingerprint density at radius 1 is 1.19 bits per heavy atom. The monoisotopic (exact) mass is 458 g/mol. The zero-order chi connectivity index (χ0) is 22.4. The van der Waals surface area contributed by atoms with Gasteiger partial charge in [0.25, 0.3) is 0 Å². The summed E-state index contributed by atoms with van der Waals surface area (Å²) < 4.78 is 8.04. The van der Waals surface area contributed by atoms with Crippen LogP contribution in [0.15, 0.2) is 47.6 Å². The molecule has 0 unspecified atom stereocenters. The van der Waals surface area contributed by atoms with E-state index in [1.807, 2.05) is 49.6 Å². The van der Waals surface area contributed by atoms with E-state index in [1.165, 1.54) is 17.3 Å². The smallest absolute Gasteiger partial charge is 0.234 e. The number of ether oxygens (including phenoxy) is 1. The molecule has 0 aliphatic carbocycles. The SMILES string of the molecule is CCc1ccc(O[C@@H](C)c2nnc(SCC(=O)Nc3cccc(Cl)c3C)n2CC)cc1. The van der Waals surface area contributed by atoms with Gasteiger partial charge in [0.15, 0.2) is 17.1 Å². The molecule has 31 heavy (non-hydrogen) atoms. The highest BCUT2D eigenvalue weighted by Gasteiger charge is 2.19. The number of hydrogen-bond donors (Lipinski definition) is 1. The Morgan fingerprint density at radius 2 is 1.94 bits per heavy atom. The summed E-state index contributed by atoms with van der Waals surface area (Å²) in [6.45, 7) is 8.66. The highest BCUT2D eigenvalue weighted by atomic mass is 35.5. The molecule has 0 saturated carbocycles. The third kappa shape index (κ3) is 5.80. The maximum atomic E-state index is 12.4. The molecule has 6 nitrogen and oxygen atoms in total. The van der Waals surface area contributed by atoms with Crippen LogP contribution in [0.25, 0.3) is 0 Å². The molecule has 1 atom stereocenters. The van der Waals surface area contributed by atoms with Crippen molar-refractivity contribution in [2.45, 2.75) is 51.9 Å². The highest BCUT2D eigenvalue weighted by molar-refractivity contribution is 7.99. The van der Waals surface area contributed by atoms with E-state index in [9.17, 15) is 4.79 Å². The maximum Gasteiger partial charge on any atom is 0.234 e. The molecule has 1 heterocycles. The number of benzene rings is 2. The van der Waals surface area contributed by atoms with Crippen LogP contribution in [-0.4, -0.2) is 26.4 Å². The number of nitrogens with zero attached hydrogens (tertiary/aromatic N) is 3. The van der Waals surface area contributed by atoms with Crippen LogP contribution in [0.3, 0.4) is 0 Å². The van der Waals surface area contributed by atoms with Crippen LogP contribution in [-0.2, 0) is 17.8 Å². The Labute approximate surface area is 192 Å². The molecule has 3 aromatic rings.